The largest absolute Gasteiger partial charge is 0.461 e. The number of carbonyl (C=O) groups is 1. The van der Waals surface area contributed by atoms with Crippen LogP contribution in [0, 0.1) is 0 Å². The molecule has 1 spiro atoms. The molecule has 0 unspecified atom stereocenters. The second-order valence-corrected chi connectivity index (χ2v) is 9.97. The van der Waals surface area contributed by atoms with Crippen LogP contribution in [0.3, 0.4) is 0 Å². The average Bonchev–Trinajstić information content (AvgIpc) is 3.55. The lowest BCUT2D eigenvalue weighted by Crippen LogP contribution is -2.55. The zero-order chi connectivity index (χ0) is 22.3. The van der Waals surface area contributed by atoms with Gasteiger partial charge in [0.15, 0.2) is 11.5 Å². The maximum absolute atomic E-state index is 13.3. The van der Waals surface area contributed by atoms with Crippen molar-refractivity contribution in [1.29, 1.82) is 0 Å². The van der Waals surface area contributed by atoms with E-state index in [9.17, 15) is 13.2 Å². The molecule has 1 aromatic carbocycles. The van der Waals surface area contributed by atoms with Gasteiger partial charge in [-0.25, -0.2) is 8.42 Å². The number of hydrogen-bond acceptors (Lipinski definition) is 7. The molecule has 168 valence electrons. The highest BCUT2D eigenvalue weighted by Crippen LogP contribution is 2.38. The Kier molecular flexibility index (Phi) is 5.32. The number of ether oxygens (including phenoxy) is 1. The lowest BCUT2D eigenvalue weighted by atomic mass is 10.0. The summed E-state index contributed by atoms with van der Waals surface area (Å²) in [7, 11) is -3.77. The van der Waals surface area contributed by atoms with E-state index >= 15 is 0 Å². The first-order valence-corrected chi connectivity index (χ1v) is 11.9. The van der Waals surface area contributed by atoms with Crippen LogP contribution in [0.4, 0.5) is 0 Å². The minimum atomic E-state index is -3.77. The zero-order valence-electron chi connectivity index (χ0n) is 16.9. The van der Waals surface area contributed by atoms with E-state index in [0.29, 0.717) is 49.1 Å². The Morgan fingerprint density at radius 2 is 1.81 bits per heavy atom. The highest BCUT2D eigenvalue weighted by Gasteiger charge is 2.51. The molecule has 2 aliphatic heterocycles. The van der Waals surface area contributed by atoms with Gasteiger partial charge in [-0.2, -0.15) is 4.31 Å². The first-order valence-electron chi connectivity index (χ1n) is 10.1. The molecule has 4 heterocycles. The van der Waals surface area contributed by atoms with Crippen LogP contribution >= 0.6 is 11.6 Å². The predicted molar refractivity (Wildman–Crippen MR) is 113 cm³/mol. The molecule has 0 aliphatic carbocycles. The summed E-state index contributed by atoms with van der Waals surface area (Å²) in [6, 6.07) is 11.0. The van der Waals surface area contributed by atoms with Crippen LogP contribution in [0.15, 0.2) is 62.6 Å². The maximum Gasteiger partial charge on any atom is 0.276 e. The third-order valence-electron chi connectivity index (χ3n) is 5.85. The molecule has 2 aliphatic rings. The molecule has 9 nitrogen and oxygen atoms in total. The van der Waals surface area contributed by atoms with Crippen molar-refractivity contribution < 1.29 is 26.9 Å². The van der Waals surface area contributed by atoms with Gasteiger partial charge in [-0.3, -0.25) is 4.79 Å². The third-order valence-corrected chi connectivity index (χ3v) is 8.06. The SMILES string of the molecule is O=C(c1cc(-c2ccco2)on1)N1CCC2(CC1)OCCN2S(=O)(=O)c1ccc(Cl)cc1. The number of piperidine rings is 1. The lowest BCUT2D eigenvalue weighted by Gasteiger charge is -2.42. The standard InChI is InChI=1S/C21H20ClN3O6S/c22-15-3-5-16(6-4-15)32(27,28)25-11-13-30-21(25)7-9-24(10-8-21)20(26)17-14-19(31-23-17)18-2-1-12-29-18/h1-6,12,14H,7-11,13H2. The van der Waals surface area contributed by atoms with Gasteiger partial charge < -0.3 is 18.6 Å². The van der Waals surface area contributed by atoms with Crippen molar-refractivity contribution in [1.82, 2.24) is 14.4 Å². The van der Waals surface area contributed by atoms with Crippen LogP contribution in [-0.2, 0) is 14.8 Å². The number of aromatic nitrogens is 1. The van der Waals surface area contributed by atoms with Crippen molar-refractivity contribution in [3.05, 3.63) is 59.4 Å². The molecule has 11 heteroatoms. The van der Waals surface area contributed by atoms with E-state index in [0.717, 1.165) is 0 Å². The Labute approximate surface area is 189 Å². The van der Waals surface area contributed by atoms with Gasteiger partial charge in [-0.15, -0.1) is 0 Å². The van der Waals surface area contributed by atoms with Gasteiger partial charge in [0.05, 0.1) is 17.8 Å². The molecule has 2 saturated heterocycles. The number of benzene rings is 1. The number of nitrogens with zero attached hydrogens (tertiary/aromatic N) is 3. The quantitative estimate of drug-likeness (QED) is 0.567. The second-order valence-electron chi connectivity index (χ2n) is 7.67. The molecule has 0 radical (unpaired) electrons. The van der Waals surface area contributed by atoms with Crippen LogP contribution < -0.4 is 0 Å². The molecule has 0 saturated carbocycles. The maximum atomic E-state index is 13.3. The van der Waals surface area contributed by atoms with E-state index in [-0.39, 0.29) is 23.0 Å². The Bertz CT molecular complexity index is 1210. The minimum absolute atomic E-state index is 0.165. The number of amides is 1. The molecular formula is C21H20ClN3O6S. The molecule has 0 atom stereocenters. The fraction of sp³-hybridized carbons (Fsp3) is 0.333. The third kappa shape index (κ3) is 3.62. The second kappa shape index (κ2) is 8.04. The fourth-order valence-electron chi connectivity index (χ4n) is 4.19. The van der Waals surface area contributed by atoms with Crippen LogP contribution in [0.25, 0.3) is 11.5 Å². The van der Waals surface area contributed by atoms with E-state index in [4.69, 9.17) is 25.3 Å². The monoisotopic (exact) mass is 477 g/mol. The van der Waals surface area contributed by atoms with Crippen LogP contribution in [0.2, 0.25) is 5.02 Å². The van der Waals surface area contributed by atoms with Gasteiger partial charge >= 0.3 is 0 Å². The summed E-state index contributed by atoms with van der Waals surface area (Å²) in [6.45, 7) is 1.22. The topological polar surface area (TPSA) is 106 Å². The van der Waals surface area contributed by atoms with Crippen molar-refractivity contribution in [3.8, 4) is 11.5 Å². The number of sulfonamides is 1. The van der Waals surface area contributed by atoms with Gasteiger partial charge in [0.2, 0.25) is 15.8 Å². The summed E-state index contributed by atoms with van der Waals surface area (Å²) in [5.74, 6) is 0.564. The van der Waals surface area contributed by atoms with E-state index in [1.54, 1.807) is 29.2 Å². The van der Waals surface area contributed by atoms with Gasteiger partial charge in [0.25, 0.3) is 5.91 Å². The van der Waals surface area contributed by atoms with Gasteiger partial charge in [-0.1, -0.05) is 16.8 Å². The number of rotatable bonds is 4. The summed E-state index contributed by atoms with van der Waals surface area (Å²) in [6.07, 6.45) is 2.22. The first kappa shape index (κ1) is 21.2. The fourth-order valence-corrected chi connectivity index (χ4v) is 6.04. The van der Waals surface area contributed by atoms with Crippen LogP contribution in [0.1, 0.15) is 23.3 Å². The van der Waals surface area contributed by atoms with Crippen LogP contribution in [0.5, 0.6) is 0 Å². The minimum Gasteiger partial charge on any atom is -0.461 e. The molecular weight excluding hydrogens is 458 g/mol. The van der Waals surface area contributed by atoms with E-state index in [1.807, 2.05) is 0 Å². The zero-order valence-corrected chi connectivity index (χ0v) is 18.5. The molecule has 2 aromatic heterocycles. The van der Waals surface area contributed by atoms with Gasteiger partial charge in [0, 0.05) is 43.6 Å². The highest BCUT2D eigenvalue weighted by molar-refractivity contribution is 7.89. The van der Waals surface area contributed by atoms with E-state index in [1.165, 1.54) is 28.8 Å². The molecule has 3 aromatic rings. The summed E-state index contributed by atoms with van der Waals surface area (Å²) in [5.41, 5.74) is -0.802. The Balaban J connectivity index is 1.31. The van der Waals surface area contributed by atoms with Crippen molar-refractivity contribution in [3.63, 3.8) is 0 Å². The van der Waals surface area contributed by atoms with E-state index < -0.39 is 15.7 Å². The Morgan fingerprint density at radius 3 is 2.50 bits per heavy atom. The first-order chi connectivity index (χ1) is 15.4. The molecule has 5 rings (SSSR count). The number of likely N-dealkylation sites (tertiary alicyclic amines) is 1. The van der Waals surface area contributed by atoms with Crippen LogP contribution in [-0.4, -0.2) is 60.7 Å². The summed E-state index contributed by atoms with van der Waals surface area (Å²) in [4.78, 5) is 14.7. The molecule has 32 heavy (non-hydrogen) atoms. The van der Waals surface area contributed by atoms with Crippen molar-refractivity contribution in [2.75, 3.05) is 26.2 Å². The molecule has 0 N–H and O–H groups in total. The normalized spacial score (nSPS) is 19.0. The lowest BCUT2D eigenvalue weighted by molar-refractivity contribution is -0.0857. The van der Waals surface area contributed by atoms with Crippen molar-refractivity contribution >= 4 is 27.5 Å². The van der Waals surface area contributed by atoms with Crippen molar-refractivity contribution in [2.24, 2.45) is 0 Å². The predicted octanol–water partition coefficient (Wildman–Crippen LogP) is 3.24. The highest BCUT2D eigenvalue weighted by atomic mass is 35.5. The molecule has 2 fully saturated rings. The average molecular weight is 478 g/mol. The van der Waals surface area contributed by atoms with E-state index in [2.05, 4.69) is 5.16 Å². The Morgan fingerprint density at radius 1 is 1.06 bits per heavy atom. The number of halogens is 1. The number of hydrogen-bond donors (Lipinski definition) is 0. The smallest absolute Gasteiger partial charge is 0.276 e. The number of furan rings is 1. The Hall–Kier alpha value is -2.66. The van der Waals surface area contributed by atoms with Gasteiger partial charge in [-0.05, 0) is 36.4 Å². The molecule has 1 amide bonds. The van der Waals surface area contributed by atoms with Crippen molar-refractivity contribution in [2.45, 2.75) is 23.5 Å². The van der Waals surface area contributed by atoms with Gasteiger partial charge in [0.1, 0.15) is 5.72 Å². The molecule has 0 bridgehead atoms. The summed E-state index contributed by atoms with van der Waals surface area (Å²) < 4.78 is 44.4. The summed E-state index contributed by atoms with van der Waals surface area (Å²) >= 11 is 5.90. The summed E-state index contributed by atoms with van der Waals surface area (Å²) in [5, 5.41) is 4.33. The number of carbonyl (C=O) groups excluding carboxylic acids is 1.